The van der Waals surface area contributed by atoms with Crippen LogP contribution in [0.25, 0.3) is 0 Å². The van der Waals surface area contributed by atoms with E-state index in [0.29, 0.717) is 23.7 Å². The molecule has 1 aliphatic heterocycles. The average Bonchev–Trinajstić information content (AvgIpc) is 3.73. The van der Waals surface area contributed by atoms with Gasteiger partial charge in [0.15, 0.2) is 5.13 Å². The maximum atomic E-state index is 14.0. The largest absolute Gasteiger partial charge is 0.459 e. The zero-order chi connectivity index (χ0) is 26.5. The van der Waals surface area contributed by atoms with Crippen LogP contribution in [-0.4, -0.2) is 34.1 Å². The lowest BCUT2D eigenvalue weighted by molar-refractivity contribution is -0.159. The quantitative estimate of drug-likeness (QED) is 0.216. The number of ether oxygens (including phenoxy) is 2. The zero-order valence-corrected chi connectivity index (χ0v) is 21.2. The molecule has 8 nitrogen and oxygen atoms in total. The van der Waals surface area contributed by atoms with Crippen molar-refractivity contribution in [3.8, 4) is 0 Å². The topological polar surface area (TPSA) is 119 Å². The Morgan fingerprint density at radius 2 is 1.78 bits per heavy atom. The third-order valence-electron chi connectivity index (χ3n) is 5.99. The van der Waals surface area contributed by atoms with E-state index in [0.717, 1.165) is 29.0 Å². The predicted octanol–water partition coefficient (Wildman–Crippen LogP) is 4.84. The van der Waals surface area contributed by atoms with Gasteiger partial charge in [0, 0.05) is 5.69 Å². The Morgan fingerprint density at radius 3 is 2.38 bits per heavy atom. The first kappa shape index (κ1) is 25.2. The first-order valence-electron chi connectivity index (χ1n) is 11.7. The van der Waals surface area contributed by atoms with Crippen LogP contribution in [0, 0.1) is 11.6 Å². The molecule has 11 heteroatoms. The van der Waals surface area contributed by atoms with Crippen molar-refractivity contribution in [2.45, 2.75) is 57.1 Å². The summed E-state index contributed by atoms with van der Waals surface area (Å²) in [7, 11) is 0. The van der Waals surface area contributed by atoms with Crippen molar-refractivity contribution in [3.63, 3.8) is 0 Å². The third kappa shape index (κ3) is 5.34. The van der Waals surface area contributed by atoms with Crippen molar-refractivity contribution in [3.05, 3.63) is 70.1 Å². The molecule has 2 atom stereocenters. The summed E-state index contributed by atoms with van der Waals surface area (Å²) in [6, 6.07) is 10.6. The summed E-state index contributed by atoms with van der Waals surface area (Å²) < 4.78 is 39.4. The van der Waals surface area contributed by atoms with Crippen LogP contribution in [0.4, 0.5) is 25.4 Å². The molecule has 194 valence electrons. The van der Waals surface area contributed by atoms with Crippen LogP contribution in [0.1, 0.15) is 60.5 Å². The maximum Gasteiger partial charge on any atom is 0.326 e. The SMILES string of the molecule is CC(C)(C)OC(=O)C1(NC2OC2c2ccc(Nc3nc(N)c(C(=O)c4c(F)cccc4F)s3)cc2)CC1. The number of thiazole rings is 1. The zero-order valence-electron chi connectivity index (χ0n) is 20.4. The second-order valence-corrected chi connectivity index (χ2v) is 11.1. The van der Waals surface area contributed by atoms with Gasteiger partial charge in [0.1, 0.15) is 45.8 Å². The Balaban J connectivity index is 1.21. The number of rotatable bonds is 8. The van der Waals surface area contributed by atoms with E-state index in [1.54, 1.807) is 0 Å². The van der Waals surface area contributed by atoms with E-state index in [-0.39, 0.29) is 29.0 Å². The molecule has 1 aromatic heterocycles. The Hall–Kier alpha value is -3.41. The maximum absolute atomic E-state index is 14.0. The highest BCUT2D eigenvalue weighted by Gasteiger charge is 2.57. The minimum absolute atomic E-state index is 0.0533. The molecule has 3 aromatic rings. The smallest absolute Gasteiger partial charge is 0.326 e. The molecule has 1 saturated carbocycles. The van der Waals surface area contributed by atoms with Gasteiger partial charge >= 0.3 is 5.97 Å². The van der Waals surface area contributed by atoms with Crippen molar-refractivity contribution >= 4 is 39.7 Å². The number of benzene rings is 2. The average molecular weight is 529 g/mol. The first-order valence-corrected chi connectivity index (χ1v) is 12.6. The number of nitrogens with two attached hydrogens (primary N) is 1. The van der Waals surface area contributed by atoms with Crippen LogP contribution in [0.5, 0.6) is 0 Å². The highest BCUT2D eigenvalue weighted by atomic mass is 32.1. The number of nitrogens with one attached hydrogen (secondary N) is 2. The lowest BCUT2D eigenvalue weighted by Gasteiger charge is -2.24. The summed E-state index contributed by atoms with van der Waals surface area (Å²) in [6.45, 7) is 5.53. The lowest BCUT2D eigenvalue weighted by atomic mass is 10.1. The van der Waals surface area contributed by atoms with Crippen molar-refractivity contribution in [1.82, 2.24) is 10.3 Å². The Morgan fingerprint density at radius 1 is 1.14 bits per heavy atom. The number of nitrogen functional groups attached to an aromatic ring is 1. The summed E-state index contributed by atoms with van der Waals surface area (Å²) >= 11 is 0.909. The van der Waals surface area contributed by atoms with Gasteiger partial charge in [-0.3, -0.25) is 14.9 Å². The van der Waals surface area contributed by atoms with E-state index < -0.39 is 34.1 Å². The molecule has 2 fully saturated rings. The van der Waals surface area contributed by atoms with Gasteiger partial charge in [0.05, 0.1) is 5.56 Å². The number of halogens is 2. The summed E-state index contributed by atoms with van der Waals surface area (Å²) in [5.41, 5.74) is 5.57. The lowest BCUT2D eigenvalue weighted by Crippen LogP contribution is -2.45. The highest BCUT2D eigenvalue weighted by molar-refractivity contribution is 7.18. The molecule has 5 rings (SSSR count). The van der Waals surface area contributed by atoms with E-state index in [4.69, 9.17) is 15.2 Å². The second-order valence-electron chi connectivity index (χ2n) is 10.1. The second kappa shape index (κ2) is 9.16. The minimum atomic E-state index is -0.961. The van der Waals surface area contributed by atoms with Crippen LogP contribution in [-0.2, 0) is 14.3 Å². The standard InChI is InChI=1S/C26H26F2N4O4S/c1-25(2,3)36-23(34)26(11-12-26)32-22-19(35-22)13-7-9-14(10-8-13)30-24-31-21(29)20(37-24)18(33)17-15(27)5-4-6-16(17)28/h4-10,19,22,32H,11-12,29H2,1-3H3,(H,30,31). The molecule has 1 aliphatic carbocycles. The molecule has 0 amide bonds. The van der Waals surface area contributed by atoms with Crippen molar-refractivity contribution < 1.29 is 27.8 Å². The van der Waals surface area contributed by atoms with Gasteiger partial charge in [-0.25, -0.2) is 13.8 Å². The van der Waals surface area contributed by atoms with Gasteiger partial charge < -0.3 is 20.5 Å². The molecule has 1 saturated heterocycles. The Kier molecular flexibility index (Phi) is 6.25. The summed E-state index contributed by atoms with van der Waals surface area (Å²) in [6.07, 6.45) is 0.953. The van der Waals surface area contributed by atoms with Gasteiger partial charge in [0.25, 0.3) is 0 Å². The van der Waals surface area contributed by atoms with Crippen LogP contribution >= 0.6 is 11.3 Å². The molecule has 0 bridgehead atoms. The number of nitrogens with zero attached hydrogens (tertiary/aromatic N) is 1. The van der Waals surface area contributed by atoms with E-state index in [1.807, 2.05) is 45.0 Å². The van der Waals surface area contributed by atoms with Crippen LogP contribution in [0.2, 0.25) is 0 Å². The van der Waals surface area contributed by atoms with Crippen LogP contribution in [0.3, 0.4) is 0 Å². The molecular formula is C26H26F2N4O4S. The molecular weight excluding hydrogens is 502 g/mol. The Bertz CT molecular complexity index is 1350. The normalized spacial score (nSPS) is 19.8. The predicted molar refractivity (Wildman–Crippen MR) is 135 cm³/mol. The third-order valence-corrected chi connectivity index (χ3v) is 6.98. The highest BCUT2D eigenvalue weighted by Crippen LogP contribution is 2.45. The van der Waals surface area contributed by atoms with Gasteiger partial charge in [-0.2, -0.15) is 0 Å². The fourth-order valence-corrected chi connectivity index (χ4v) is 4.76. The molecule has 37 heavy (non-hydrogen) atoms. The van der Waals surface area contributed by atoms with Gasteiger partial charge in [0.2, 0.25) is 5.78 Å². The summed E-state index contributed by atoms with van der Waals surface area (Å²) in [4.78, 5) is 29.3. The van der Waals surface area contributed by atoms with E-state index in [1.165, 1.54) is 6.07 Å². The number of ketones is 1. The number of esters is 1. The molecule has 2 heterocycles. The number of aromatic nitrogens is 1. The summed E-state index contributed by atoms with van der Waals surface area (Å²) in [5.74, 6) is -3.16. The van der Waals surface area contributed by atoms with Crippen LogP contribution < -0.4 is 16.4 Å². The Labute approximate surface area is 216 Å². The first-order chi connectivity index (χ1) is 17.5. The molecule has 0 spiro atoms. The molecule has 2 unspecified atom stereocenters. The number of carbonyl (C=O) groups is 2. The van der Waals surface area contributed by atoms with Crippen molar-refractivity contribution in [2.75, 3.05) is 11.1 Å². The van der Waals surface area contributed by atoms with E-state index in [2.05, 4.69) is 15.6 Å². The van der Waals surface area contributed by atoms with Crippen molar-refractivity contribution in [1.29, 1.82) is 0 Å². The van der Waals surface area contributed by atoms with Crippen LogP contribution in [0.15, 0.2) is 42.5 Å². The van der Waals surface area contributed by atoms with E-state index >= 15 is 0 Å². The van der Waals surface area contributed by atoms with Gasteiger partial charge in [-0.05, 0) is 63.4 Å². The molecule has 2 aromatic carbocycles. The number of epoxide rings is 1. The minimum Gasteiger partial charge on any atom is -0.459 e. The number of anilines is 3. The van der Waals surface area contributed by atoms with E-state index in [9.17, 15) is 18.4 Å². The number of hydrogen-bond acceptors (Lipinski definition) is 9. The van der Waals surface area contributed by atoms with Gasteiger partial charge in [-0.15, -0.1) is 0 Å². The monoisotopic (exact) mass is 528 g/mol. The fourth-order valence-electron chi connectivity index (χ4n) is 3.91. The number of hydrogen-bond donors (Lipinski definition) is 3. The van der Waals surface area contributed by atoms with Gasteiger partial charge in [-0.1, -0.05) is 29.5 Å². The number of carbonyl (C=O) groups excluding carboxylic acids is 2. The summed E-state index contributed by atoms with van der Waals surface area (Å²) in [5, 5.41) is 6.65. The molecule has 4 N–H and O–H groups in total. The molecule has 2 aliphatic rings. The fraction of sp³-hybridized carbons (Fsp3) is 0.346. The van der Waals surface area contributed by atoms with Crippen molar-refractivity contribution in [2.24, 2.45) is 0 Å². The molecule has 0 radical (unpaired) electrons.